The summed E-state index contributed by atoms with van der Waals surface area (Å²) in [6.07, 6.45) is 5.83. The first-order chi connectivity index (χ1) is 13.7. The summed E-state index contributed by atoms with van der Waals surface area (Å²) in [6.45, 7) is 1.25. The number of aromatic nitrogens is 3. The standard InChI is InChI=1S/C21H21N7/c22-6-8-25-19-4-3-16(13-26-19)18-10-17(15-1-2-15)11-21(27-18)28-20-9-14(12-23)5-7-24-20/h3-5,7,9-11,13,15H,1-2,6,8,22H2,(H,25,26)(H,24,27,28). The lowest BCUT2D eigenvalue weighted by atomic mass is 10.1. The Morgan fingerprint density at radius 1 is 1.07 bits per heavy atom. The van der Waals surface area contributed by atoms with Gasteiger partial charge in [-0.05, 0) is 60.7 Å². The third-order valence-electron chi connectivity index (χ3n) is 4.55. The monoisotopic (exact) mass is 371 g/mol. The van der Waals surface area contributed by atoms with E-state index in [0.717, 1.165) is 17.1 Å². The third kappa shape index (κ3) is 4.24. The number of anilines is 3. The van der Waals surface area contributed by atoms with Crippen molar-refractivity contribution in [3.05, 3.63) is 59.9 Å². The number of hydrogen-bond acceptors (Lipinski definition) is 7. The van der Waals surface area contributed by atoms with Crippen LogP contribution >= 0.6 is 0 Å². The molecule has 4 N–H and O–H groups in total. The van der Waals surface area contributed by atoms with Gasteiger partial charge in [0, 0.05) is 31.0 Å². The molecule has 3 heterocycles. The van der Waals surface area contributed by atoms with Gasteiger partial charge in [-0.25, -0.2) is 15.0 Å². The van der Waals surface area contributed by atoms with Gasteiger partial charge in [0.15, 0.2) is 0 Å². The van der Waals surface area contributed by atoms with E-state index in [1.54, 1.807) is 18.3 Å². The van der Waals surface area contributed by atoms with Crippen molar-refractivity contribution in [2.24, 2.45) is 5.73 Å². The maximum atomic E-state index is 9.08. The first kappa shape index (κ1) is 17.9. The number of nitrogens with one attached hydrogen (secondary N) is 2. The molecule has 4 rings (SSSR count). The van der Waals surface area contributed by atoms with Crippen LogP contribution in [0.5, 0.6) is 0 Å². The van der Waals surface area contributed by atoms with Crippen molar-refractivity contribution >= 4 is 17.5 Å². The molecule has 0 unspecified atom stereocenters. The minimum absolute atomic E-state index is 0.556. The average Bonchev–Trinajstić information content (AvgIpc) is 3.58. The lowest BCUT2D eigenvalue weighted by Crippen LogP contribution is -2.13. The predicted molar refractivity (Wildman–Crippen MR) is 109 cm³/mol. The zero-order chi connectivity index (χ0) is 19.3. The Labute approximate surface area is 163 Å². The first-order valence-corrected chi connectivity index (χ1v) is 9.30. The SMILES string of the molecule is N#Cc1ccnc(Nc2cc(C3CC3)cc(-c3ccc(NCCN)nc3)n2)c1. The van der Waals surface area contributed by atoms with Crippen molar-refractivity contribution in [1.82, 2.24) is 15.0 Å². The molecule has 140 valence electrons. The van der Waals surface area contributed by atoms with Crippen LogP contribution in [-0.4, -0.2) is 28.0 Å². The van der Waals surface area contributed by atoms with Crippen molar-refractivity contribution in [3.8, 4) is 17.3 Å². The van der Waals surface area contributed by atoms with Crippen LogP contribution in [0.25, 0.3) is 11.3 Å². The number of hydrogen-bond donors (Lipinski definition) is 3. The number of nitriles is 1. The molecule has 0 saturated heterocycles. The second kappa shape index (κ2) is 8.03. The van der Waals surface area contributed by atoms with E-state index in [2.05, 4.69) is 38.8 Å². The van der Waals surface area contributed by atoms with E-state index in [-0.39, 0.29) is 0 Å². The molecule has 0 spiro atoms. The molecule has 3 aromatic heterocycles. The van der Waals surface area contributed by atoms with E-state index in [1.165, 1.54) is 18.4 Å². The fourth-order valence-electron chi connectivity index (χ4n) is 2.97. The van der Waals surface area contributed by atoms with Crippen LogP contribution in [0, 0.1) is 11.3 Å². The normalized spacial score (nSPS) is 13.0. The summed E-state index contributed by atoms with van der Waals surface area (Å²) in [4.78, 5) is 13.5. The van der Waals surface area contributed by atoms with Crippen molar-refractivity contribution in [3.63, 3.8) is 0 Å². The molecule has 28 heavy (non-hydrogen) atoms. The molecule has 0 aliphatic heterocycles. The fourth-order valence-corrected chi connectivity index (χ4v) is 2.97. The lowest BCUT2D eigenvalue weighted by molar-refractivity contribution is 1.01. The van der Waals surface area contributed by atoms with Crippen molar-refractivity contribution < 1.29 is 0 Å². The molecule has 0 bridgehead atoms. The van der Waals surface area contributed by atoms with Gasteiger partial charge in [0.1, 0.15) is 17.5 Å². The zero-order valence-electron chi connectivity index (χ0n) is 15.4. The summed E-state index contributed by atoms with van der Waals surface area (Å²) in [5, 5.41) is 15.5. The second-order valence-electron chi connectivity index (χ2n) is 6.76. The van der Waals surface area contributed by atoms with Gasteiger partial charge in [0.2, 0.25) is 0 Å². The van der Waals surface area contributed by atoms with Crippen LogP contribution in [-0.2, 0) is 0 Å². The third-order valence-corrected chi connectivity index (χ3v) is 4.55. The smallest absolute Gasteiger partial charge is 0.132 e. The summed E-state index contributed by atoms with van der Waals surface area (Å²) in [6, 6.07) is 13.6. The van der Waals surface area contributed by atoms with E-state index in [9.17, 15) is 0 Å². The summed E-state index contributed by atoms with van der Waals surface area (Å²) in [7, 11) is 0. The number of pyridine rings is 3. The molecule has 1 saturated carbocycles. The summed E-state index contributed by atoms with van der Waals surface area (Å²) in [5.41, 5.74) is 9.14. The van der Waals surface area contributed by atoms with Gasteiger partial charge in [-0.2, -0.15) is 5.26 Å². The molecule has 0 aromatic carbocycles. The van der Waals surface area contributed by atoms with E-state index in [1.807, 2.05) is 18.3 Å². The highest BCUT2D eigenvalue weighted by molar-refractivity contribution is 5.65. The molecular weight excluding hydrogens is 350 g/mol. The van der Waals surface area contributed by atoms with E-state index in [0.29, 0.717) is 36.2 Å². The molecule has 7 nitrogen and oxygen atoms in total. The Balaban J connectivity index is 1.63. The number of nitrogens with two attached hydrogens (primary N) is 1. The van der Waals surface area contributed by atoms with Gasteiger partial charge in [-0.15, -0.1) is 0 Å². The molecule has 3 aromatic rings. The summed E-state index contributed by atoms with van der Waals surface area (Å²) >= 11 is 0. The van der Waals surface area contributed by atoms with E-state index >= 15 is 0 Å². The van der Waals surface area contributed by atoms with Gasteiger partial charge >= 0.3 is 0 Å². The Bertz CT molecular complexity index is 1000. The maximum absolute atomic E-state index is 9.08. The van der Waals surface area contributed by atoms with Gasteiger partial charge < -0.3 is 16.4 Å². The molecule has 1 aliphatic rings. The van der Waals surface area contributed by atoms with Crippen molar-refractivity contribution in [2.45, 2.75) is 18.8 Å². The summed E-state index contributed by atoms with van der Waals surface area (Å²) in [5.74, 6) is 2.69. The number of rotatable bonds is 7. The molecule has 0 radical (unpaired) electrons. The Morgan fingerprint density at radius 3 is 2.68 bits per heavy atom. The Morgan fingerprint density at radius 2 is 1.96 bits per heavy atom. The summed E-state index contributed by atoms with van der Waals surface area (Å²) < 4.78 is 0. The highest BCUT2D eigenvalue weighted by atomic mass is 15.1. The van der Waals surface area contributed by atoms with Crippen LogP contribution in [0.3, 0.4) is 0 Å². The molecular formula is C21H21N7. The molecule has 0 amide bonds. The zero-order valence-corrected chi connectivity index (χ0v) is 15.4. The largest absolute Gasteiger partial charge is 0.369 e. The van der Waals surface area contributed by atoms with E-state index < -0.39 is 0 Å². The molecule has 1 aliphatic carbocycles. The average molecular weight is 371 g/mol. The van der Waals surface area contributed by atoms with Crippen LogP contribution in [0.2, 0.25) is 0 Å². The van der Waals surface area contributed by atoms with Gasteiger partial charge in [0.05, 0.1) is 17.3 Å². The van der Waals surface area contributed by atoms with Crippen LogP contribution < -0.4 is 16.4 Å². The van der Waals surface area contributed by atoms with Gasteiger partial charge in [-0.1, -0.05) is 0 Å². The highest BCUT2D eigenvalue weighted by Gasteiger charge is 2.25. The highest BCUT2D eigenvalue weighted by Crippen LogP contribution is 2.42. The molecule has 0 atom stereocenters. The van der Waals surface area contributed by atoms with Gasteiger partial charge in [0.25, 0.3) is 0 Å². The molecule has 7 heteroatoms. The minimum Gasteiger partial charge on any atom is -0.369 e. The fraction of sp³-hybridized carbons (Fsp3) is 0.238. The second-order valence-corrected chi connectivity index (χ2v) is 6.76. The molecule has 1 fully saturated rings. The van der Waals surface area contributed by atoms with Crippen LogP contribution in [0.15, 0.2) is 48.8 Å². The topological polar surface area (TPSA) is 113 Å². The number of nitrogens with zero attached hydrogens (tertiary/aromatic N) is 4. The van der Waals surface area contributed by atoms with Crippen molar-refractivity contribution in [1.29, 1.82) is 5.26 Å². The Hall–Kier alpha value is -3.50. The van der Waals surface area contributed by atoms with Crippen LogP contribution in [0.4, 0.5) is 17.5 Å². The predicted octanol–water partition coefficient (Wildman–Crippen LogP) is 3.40. The lowest BCUT2D eigenvalue weighted by Gasteiger charge is -2.11. The van der Waals surface area contributed by atoms with E-state index in [4.69, 9.17) is 16.0 Å². The Kier molecular flexibility index (Phi) is 5.13. The minimum atomic E-state index is 0.556. The maximum Gasteiger partial charge on any atom is 0.132 e. The van der Waals surface area contributed by atoms with Crippen LogP contribution in [0.1, 0.15) is 29.9 Å². The quantitative estimate of drug-likeness (QED) is 0.583. The first-order valence-electron chi connectivity index (χ1n) is 9.30. The van der Waals surface area contributed by atoms with Crippen molar-refractivity contribution in [2.75, 3.05) is 23.7 Å². The van der Waals surface area contributed by atoms with Gasteiger partial charge in [-0.3, -0.25) is 0 Å².